The van der Waals surface area contributed by atoms with Crippen LogP contribution < -0.4 is 16.2 Å². The van der Waals surface area contributed by atoms with Gasteiger partial charge >= 0.3 is 6.18 Å². The number of sulfonamides is 1. The van der Waals surface area contributed by atoms with Crippen LogP contribution in [0.4, 0.5) is 24.7 Å². The van der Waals surface area contributed by atoms with E-state index in [9.17, 15) is 21.6 Å². The minimum Gasteiger partial charge on any atom is -0.495 e. The van der Waals surface area contributed by atoms with Crippen LogP contribution in [0.2, 0.25) is 0 Å². The SMILES string of the molecule is COc1cc(S(=O)(=O)N2CCC(N3CCOCC3)CC2)ccc1-n1cc(C(F)(F)F)c2c(N)cc(N)nc21. The fraction of sp³-hybridized carbons (Fsp3) is 0.458. The molecule has 1 aromatic carbocycles. The highest BCUT2D eigenvalue weighted by Crippen LogP contribution is 2.41. The van der Waals surface area contributed by atoms with Gasteiger partial charge in [-0.2, -0.15) is 17.5 Å². The van der Waals surface area contributed by atoms with Crippen LogP contribution in [-0.4, -0.2) is 79.7 Å². The number of nitrogen functional groups attached to an aromatic ring is 2. The summed E-state index contributed by atoms with van der Waals surface area (Å²) < 4.78 is 81.8. The van der Waals surface area contributed by atoms with Gasteiger partial charge in [-0.3, -0.25) is 9.47 Å². The van der Waals surface area contributed by atoms with Crippen molar-refractivity contribution in [3.63, 3.8) is 0 Å². The van der Waals surface area contributed by atoms with E-state index in [1.807, 2.05) is 0 Å². The number of nitrogens with zero attached hydrogens (tertiary/aromatic N) is 4. The van der Waals surface area contributed by atoms with E-state index in [2.05, 4.69) is 9.88 Å². The molecule has 38 heavy (non-hydrogen) atoms. The number of rotatable bonds is 5. The lowest BCUT2D eigenvalue weighted by Gasteiger charge is -2.39. The first-order valence-corrected chi connectivity index (χ1v) is 13.6. The predicted molar refractivity (Wildman–Crippen MR) is 136 cm³/mol. The number of fused-ring (bicyclic) bond motifs is 1. The van der Waals surface area contributed by atoms with Gasteiger partial charge in [0.25, 0.3) is 0 Å². The first-order chi connectivity index (χ1) is 18.0. The van der Waals surface area contributed by atoms with E-state index < -0.39 is 21.8 Å². The van der Waals surface area contributed by atoms with Crippen LogP contribution in [-0.2, 0) is 20.9 Å². The summed E-state index contributed by atoms with van der Waals surface area (Å²) in [5, 5.41) is -0.298. The van der Waals surface area contributed by atoms with Gasteiger partial charge in [0.2, 0.25) is 10.0 Å². The number of halogens is 3. The zero-order valence-corrected chi connectivity index (χ0v) is 21.6. The summed E-state index contributed by atoms with van der Waals surface area (Å²) in [6, 6.07) is 5.53. The van der Waals surface area contributed by atoms with Gasteiger partial charge in [0.15, 0.2) is 0 Å². The predicted octanol–water partition coefficient (Wildman–Crippen LogP) is 2.70. The number of anilines is 2. The van der Waals surface area contributed by atoms with Crippen molar-refractivity contribution < 1.29 is 31.1 Å². The number of ether oxygens (including phenoxy) is 2. The summed E-state index contributed by atoms with van der Waals surface area (Å²) in [6.07, 6.45) is -2.44. The fourth-order valence-electron chi connectivity index (χ4n) is 5.23. The van der Waals surface area contributed by atoms with E-state index in [1.165, 1.54) is 29.6 Å². The summed E-state index contributed by atoms with van der Waals surface area (Å²) in [6.45, 7) is 3.78. The van der Waals surface area contributed by atoms with Crippen LogP contribution in [0.1, 0.15) is 18.4 Å². The first kappa shape index (κ1) is 26.5. The minimum absolute atomic E-state index is 0.0117. The molecule has 206 valence electrons. The lowest BCUT2D eigenvalue weighted by molar-refractivity contribution is -0.136. The number of benzene rings is 1. The fourth-order valence-corrected chi connectivity index (χ4v) is 6.72. The van der Waals surface area contributed by atoms with Gasteiger partial charge in [0, 0.05) is 56.2 Å². The van der Waals surface area contributed by atoms with Crippen LogP contribution in [0.3, 0.4) is 0 Å². The molecule has 0 unspecified atom stereocenters. The summed E-state index contributed by atoms with van der Waals surface area (Å²) in [5.41, 5.74) is 10.5. The smallest absolute Gasteiger partial charge is 0.418 e. The average molecular weight is 555 g/mol. The van der Waals surface area contributed by atoms with Crippen LogP contribution in [0.5, 0.6) is 5.75 Å². The van der Waals surface area contributed by atoms with Crippen LogP contribution >= 0.6 is 0 Å². The van der Waals surface area contributed by atoms with Gasteiger partial charge in [0.1, 0.15) is 17.2 Å². The molecule has 2 aromatic heterocycles. The van der Waals surface area contributed by atoms with Crippen molar-refractivity contribution in [1.82, 2.24) is 18.8 Å². The third kappa shape index (κ3) is 4.77. The first-order valence-electron chi connectivity index (χ1n) is 12.2. The molecule has 0 saturated carbocycles. The average Bonchev–Trinajstić information content (AvgIpc) is 3.29. The highest BCUT2D eigenvalue weighted by Gasteiger charge is 2.37. The highest BCUT2D eigenvalue weighted by molar-refractivity contribution is 7.89. The van der Waals surface area contributed by atoms with Crippen molar-refractivity contribution in [2.75, 3.05) is 58.0 Å². The maximum atomic E-state index is 13.8. The molecule has 0 radical (unpaired) electrons. The molecule has 0 aliphatic carbocycles. The number of methoxy groups -OCH3 is 1. The topological polar surface area (TPSA) is 129 Å². The van der Waals surface area contributed by atoms with Crippen molar-refractivity contribution in [2.24, 2.45) is 0 Å². The Hall–Kier alpha value is -3.07. The van der Waals surface area contributed by atoms with Crippen LogP contribution in [0.25, 0.3) is 16.7 Å². The number of nitrogens with two attached hydrogens (primary N) is 2. The van der Waals surface area contributed by atoms with Gasteiger partial charge < -0.3 is 20.9 Å². The van der Waals surface area contributed by atoms with E-state index in [1.54, 1.807) is 0 Å². The standard InChI is InChI=1S/C24H29F3N6O4S/c1-36-20-12-16(38(34,35)32-6-4-15(5-7-32)31-8-10-37-11-9-31)2-3-19(20)33-14-17(24(25,26)27)22-18(28)13-21(29)30-23(22)33/h2-3,12-15H,4-11H2,1H3,(H4,28,29,30). The van der Waals surface area contributed by atoms with Gasteiger partial charge in [-0.05, 0) is 25.0 Å². The van der Waals surface area contributed by atoms with Gasteiger partial charge in [-0.25, -0.2) is 13.4 Å². The second-order valence-electron chi connectivity index (χ2n) is 9.36. The molecule has 10 nitrogen and oxygen atoms in total. The second-order valence-corrected chi connectivity index (χ2v) is 11.3. The quantitative estimate of drug-likeness (QED) is 0.493. The van der Waals surface area contributed by atoms with Crippen molar-refractivity contribution in [1.29, 1.82) is 0 Å². The van der Waals surface area contributed by atoms with Gasteiger partial charge in [-0.15, -0.1) is 0 Å². The number of pyridine rings is 1. The Morgan fingerprint density at radius 2 is 1.76 bits per heavy atom. The summed E-state index contributed by atoms with van der Waals surface area (Å²) in [7, 11) is -2.54. The number of aromatic nitrogens is 2. The van der Waals surface area contributed by atoms with Crippen molar-refractivity contribution in [2.45, 2.75) is 30.0 Å². The van der Waals surface area contributed by atoms with Crippen LogP contribution in [0, 0.1) is 0 Å². The normalized spacial score (nSPS) is 18.7. The molecule has 14 heteroatoms. The molecule has 0 amide bonds. The molecule has 0 bridgehead atoms. The minimum atomic E-state index is -4.71. The lowest BCUT2D eigenvalue weighted by Crippen LogP contribution is -2.50. The van der Waals surface area contributed by atoms with Crippen molar-refractivity contribution >= 4 is 32.6 Å². The Labute approximate surface area is 217 Å². The number of alkyl halides is 3. The zero-order chi connectivity index (χ0) is 27.2. The van der Waals surface area contributed by atoms with Crippen molar-refractivity contribution in [3.8, 4) is 11.4 Å². The number of hydrogen-bond donors (Lipinski definition) is 2. The third-order valence-electron chi connectivity index (χ3n) is 7.15. The summed E-state index contributed by atoms with van der Waals surface area (Å²) in [4.78, 5) is 6.41. The molecular formula is C24H29F3N6O4S. The molecule has 0 atom stereocenters. The summed E-state index contributed by atoms with van der Waals surface area (Å²) in [5.74, 6) is 0.00409. The van der Waals surface area contributed by atoms with E-state index in [-0.39, 0.29) is 38.9 Å². The molecule has 3 aromatic rings. The zero-order valence-electron chi connectivity index (χ0n) is 20.7. The van der Waals surface area contributed by atoms with E-state index in [0.717, 1.165) is 29.9 Å². The maximum absolute atomic E-state index is 13.8. The third-order valence-corrected chi connectivity index (χ3v) is 9.04. The van der Waals surface area contributed by atoms with Gasteiger partial charge in [0.05, 0.1) is 41.9 Å². The largest absolute Gasteiger partial charge is 0.495 e. The Kier molecular flexibility index (Phi) is 6.92. The monoisotopic (exact) mass is 554 g/mol. The Morgan fingerprint density at radius 3 is 2.39 bits per heavy atom. The Balaban J connectivity index is 1.47. The molecule has 2 saturated heterocycles. The number of piperidine rings is 1. The molecule has 2 aliphatic heterocycles. The molecule has 5 rings (SSSR count). The lowest BCUT2D eigenvalue weighted by atomic mass is 10.0. The Morgan fingerprint density at radius 1 is 1.08 bits per heavy atom. The molecule has 0 spiro atoms. The van der Waals surface area contributed by atoms with Gasteiger partial charge in [-0.1, -0.05) is 0 Å². The number of hydrogen-bond acceptors (Lipinski definition) is 8. The highest BCUT2D eigenvalue weighted by atomic mass is 32.2. The molecular weight excluding hydrogens is 525 g/mol. The molecule has 2 fully saturated rings. The second kappa shape index (κ2) is 9.91. The summed E-state index contributed by atoms with van der Waals surface area (Å²) >= 11 is 0. The molecule has 4 N–H and O–H groups in total. The number of morpholine rings is 1. The molecule has 4 heterocycles. The van der Waals surface area contributed by atoms with E-state index >= 15 is 0 Å². The van der Waals surface area contributed by atoms with Crippen molar-refractivity contribution in [3.05, 3.63) is 36.0 Å². The van der Waals surface area contributed by atoms with E-state index in [0.29, 0.717) is 45.2 Å². The van der Waals surface area contributed by atoms with Crippen LogP contribution in [0.15, 0.2) is 35.4 Å². The van der Waals surface area contributed by atoms with E-state index in [4.69, 9.17) is 20.9 Å². The molecule has 2 aliphatic rings. The Bertz CT molecular complexity index is 1450. The maximum Gasteiger partial charge on any atom is 0.418 e.